The van der Waals surface area contributed by atoms with Gasteiger partial charge in [-0.2, -0.15) is 10.5 Å². The molecule has 5 heteroatoms. The number of hydrogen-bond donors (Lipinski definition) is 1. The average Bonchev–Trinajstić information content (AvgIpc) is 2.26. The molecule has 1 radical (unpaired) electrons. The van der Waals surface area contributed by atoms with Crippen LogP contribution >= 0.6 is 11.6 Å². The van der Waals surface area contributed by atoms with Crippen LogP contribution in [0.25, 0.3) is 0 Å². The maximum Gasteiger partial charge on any atom is 0.251 e. The van der Waals surface area contributed by atoms with E-state index < -0.39 is 5.91 Å². The highest BCUT2D eigenvalue weighted by Crippen LogP contribution is 2.25. The molecule has 0 atom stereocenters. The summed E-state index contributed by atoms with van der Waals surface area (Å²) in [6, 6.07) is 6.76. The van der Waals surface area contributed by atoms with Crippen molar-refractivity contribution in [2.75, 3.05) is 0 Å². The number of benzene rings is 1. The maximum absolute atomic E-state index is 11.1. The molecule has 0 aromatic heterocycles. The summed E-state index contributed by atoms with van der Waals surface area (Å²) in [4.78, 5) is 11.1. The molecule has 1 aromatic rings. The van der Waals surface area contributed by atoms with Crippen molar-refractivity contribution in [2.24, 2.45) is 5.73 Å². The minimum Gasteiger partial charge on any atom is -0.366 e. The van der Waals surface area contributed by atoms with Crippen LogP contribution in [0.5, 0.6) is 0 Å². The summed E-state index contributed by atoms with van der Waals surface area (Å²) in [5.74, 6) is -0.750. The van der Waals surface area contributed by atoms with E-state index in [2.05, 4.69) is 0 Å². The van der Waals surface area contributed by atoms with Crippen molar-refractivity contribution in [1.82, 2.24) is 0 Å². The topological polar surface area (TPSA) is 90.7 Å². The third-order valence-electron chi connectivity index (χ3n) is 2.00. The Morgan fingerprint density at radius 2 is 2.19 bits per heavy atom. The first kappa shape index (κ1) is 12.0. The molecule has 1 aromatic carbocycles. The van der Waals surface area contributed by atoms with E-state index in [0.717, 1.165) is 0 Å². The zero-order chi connectivity index (χ0) is 12.1. The molecule has 0 aliphatic carbocycles. The van der Waals surface area contributed by atoms with Crippen LogP contribution in [0.1, 0.15) is 21.5 Å². The van der Waals surface area contributed by atoms with Crippen molar-refractivity contribution in [2.45, 2.75) is 6.42 Å². The average molecular weight is 233 g/mol. The van der Waals surface area contributed by atoms with Crippen molar-refractivity contribution in [3.05, 3.63) is 40.3 Å². The number of halogens is 1. The first-order valence-electron chi connectivity index (χ1n) is 4.34. The van der Waals surface area contributed by atoms with E-state index in [0.29, 0.717) is 12.0 Å². The Kier molecular flexibility index (Phi) is 3.88. The standard InChI is InChI=1S/C11H7ClN3O/c12-10-7(2-1-5-13)3-4-8(6-14)9(10)11(15)16/h1,3-4H,2H2,(H2,15,16). The zero-order valence-electron chi connectivity index (χ0n) is 8.20. The van der Waals surface area contributed by atoms with Gasteiger partial charge in [0.2, 0.25) is 0 Å². The van der Waals surface area contributed by atoms with Crippen LogP contribution in [0.15, 0.2) is 12.1 Å². The lowest BCUT2D eigenvalue weighted by Crippen LogP contribution is -2.14. The van der Waals surface area contributed by atoms with E-state index in [9.17, 15) is 4.79 Å². The smallest absolute Gasteiger partial charge is 0.251 e. The fourth-order valence-electron chi connectivity index (χ4n) is 1.27. The van der Waals surface area contributed by atoms with Crippen molar-refractivity contribution < 1.29 is 4.79 Å². The number of nitrogens with zero attached hydrogens (tertiary/aromatic N) is 2. The highest BCUT2D eigenvalue weighted by atomic mass is 35.5. The Morgan fingerprint density at radius 3 is 2.69 bits per heavy atom. The molecular weight excluding hydrogens is 226 g/mol. The summed E-state index contributed by atoms with van der Waals surface area (Å²) in [6.45, 7) is 0. The molecule has 0 saturated carbocycles. The molecule has 0 unspecified atom stereocenters. The SMILES string of the molecule is N#C[CH]Cc1ccc(C#N)c(C(N)=O)c1Cl. The highest BCUT2D eigenvalue weighted by Gasteiger charge is 2.15. The van der Waals surface area contributed by atoms with Crippen LogP contribution < -0.4 is 5.73 Å². The van der Waals surface area contributed by atoms with Gasteiger partial charge >= 0.3 is 0 Å². The van der Waals surface area contributed by atoms with Gasteiger partial charge in [0, 0.05) is 0 Å². The third kappa shape index (κ3) is 2.31. The third-order valence-corrected chi connectivity index (χ3v) is 2.43. The Morgan fingerprint density at radius 1 is 1.50 bits per heavy atom. The summed E-state index contributed by atoms with van der Waals surface area (Å²) in [6.07, 6.45) is 1.65. The molecule has 1 rings (SSSR count). The molecule has 16 heavy (non-hydrogen) atoms. The molecule has 0 aliphatic heterocycles. The molecule has 0 heterocycles. The number of primary amides is 1. The van der Waals surface area contributed by atoms with Crippen molar-refractivity contribution in [1.29, 1.82) is 10.5 Å². The largest absolute Gasteiger partial charge is 0.366 e. The Hall–Kier alpha value is -2.04. The van der Waals surface area contributed by atoms with E-state index in [-0.39, 0.29) is 16.1 Å². The predicted octanol–water partition coefficient (Wildman–Crippen LogP) is 1.58. The van der Waals surface area contributed by atoms with Gasteiger partial charge in [-0.15, -0.1) is 0 Å². The van der Waals surface area contributed by atoms with Crippen LogP contribution in [-0.4, -0.2) is 5.91 Å². The van der Waals surface area contributed by atoms with Gasteiger partial charge in [0.25, 0.3) is 5.91 Å². The quantitative estimate of drug-likeness (QED) is 0.858. The first-order chi connectivity index (χ1) is 7.61. The first-order valence-corrected chi connectivity index (χ1v) is 4.72. The number of rotatable bonds is 3. The minimum absolute atomic E-state index is 0.00741. The molecule has 0 fully saturated rings. The molecule has 0 spiro atoms. The maximum atomic E-state index is 11.1. The van der Waals surface area contributed by atoms with E-state index in [4.69, 9.17) is 27.9 Å². The number of carbonyl (C=O) groups is 1. The highest BCUT2D eigenvalue weighted by molar-refractivity contribution is 6.34. The molecule has 0 aliphatic rings. The van der Waals surface area contributed by atoms with Crippen LogP contribution in [0.4, 0.5) is 0 Å². The Labute approximate surface area is 97.8 Å². The summed E-state index contributed by atoms with van der Waals surface area (Å²) in [5.41, 5.74) is 5.88. The van der Waals surface area contributed by atoms with Gasteiger partial charge in [0.15, 0.2) is 0 Å². The van der Waals surface area contributed by atoms with Crippen molar-refractivity contribution >= 4 is 17.5 Å². The second-order valence-electron chi connectivity index (χ2n) is 2.97. The van der Waals surface area contributed by atoms with Gasteiger partial charge < -0.3 is 5.73 Å². The summed E-state index contributed by atoms with van der Waals surface area (Å²) >= 11 is 5.94. The van der Waals surface area contributed by atoms with Crippen LogP contribution in [0, 0.1) is 29.1 Å². The second-order valence-corrected chi connectivity index (χ2v) is 3.35. The molecule has 2 N–H and O–H groups in total. The van der Waals surface area contributed by atoms with Crippen LogP contribution in [0.3, 0.4) is 0 Å². The number of nitriles is 2. The van der Waals surface area contributed by atoms with E-state index in [1.165, 1.54) is 12.5 Å². The second kappa shape index (κ2) is 5.16. The molecule has 0 bridgehead atoms. The van der Waals surface area contributed by atoms with Gasteiger partial charge in [0.1, 0.15) is 6.07 Å². The lowest BCUT2D eigenvalue weighted by molar-refractivity contribution is 0.1000. The molecule has 1 amide bonds. The normalized spacial score (nSPS) is 9.19. The molecule has 4 nitrogen and oxygen atoms in total. The summed E-state index contributed by atoms with van der Waals surface area (Å²) < 4.78 is 0. The summed E-state index contributed by atoms with van der Waals surface area (Å²) in [5, 5.41) is 17.3. The van der Waals surface area contributed by atoms with Gasteiger partial charge in [-0.25, -0.2) is 0 Å². The lowest BCUT2D eigenvalue weighted by atomic mass is 10.0. The van der Waals surface area contributed by atoms with Gasteiger partial charge in [0.05, 0.1) is 28.6 Å². The van der Waals surface area contributed by atoms with E-state index in [1.54, 1.807) is 6.07 Å². The van der Waals surface area contributed by atoms with Gasteiger partial charge in [-0.3, -0.25) is 4.79 Å². The molecular formula is C11H7ClN3O. The summed E-state index contributed by atoms with van der Waals surface area (Å²) in [7, 11) is 0. The predicted molar refractivity (Wildman–Crippen MR) is 58.3 cm³/mol. The van der Waals surface area contributed by atoms with Crippen molar-refractivity contribution in [3.8, 4) is 12.1 Å². The Balaban J connectivity index is 3.29. The van der Waals surface area contributed by atoms with E-state index in [1.807, 2.05) is 12.1 Å². The van der Waals surface area contributed by atoms with Crippen LogP contribution in [-0.2, 0) is 6.42 Å². The van der Waals surface area contributed by atoms with Crippen LogP contribution in [0.2, 0.25) is 5.02 Å². The van der Waals surface area contributed by atoms with E-state index >= 15 is 0 Å². The minimum atomic E-state index is -0.750. The monoisotopic (exact) mass is 232 g/mol. The van der Waals surface area contributed by atoms with Gasteiger partial charge in [-0.05, 0) is 18.1 Å². The Bertz CT molecular complexity index is 511. The fourth-order valence-corrected chi connectivity index (χ4v) is 1.60. The number of hydrogen-bond acceptors (Lipinski definition) is 3. The molecule has 0 saturated heterocycles. The number of amides is 1. The number of nitrogens with two attached hydrogens (primary N) is 1. The fraction of sp³-hybridized carbons (Fsp3) is 0.0909. The molecule has 79 valence electrons. The lowest BCUT2D eigenvalue weighted by Gasteiger charge is -2.07. The number of carbonyl (C=O) groups excluding carboxylic acids is 1. The van der Waals surface area contributed by atoms with Crippen molar-refractivity contribution in [3.63, 3.8) is 0 Å². The van der Waals surface area contributed by atoms with Gasteiger partial charge in [-0.1, -0.05) is 17.7 Å². The zero-order valence-corrected chi connectivity index (χ0v) is 8.95.